The number of piperazine rings is 1. The van der Waals surface area contributed by atoms with Crippen LogP contribution in [0.1, 0.15) is 15.9 Å². The Morgan fingerprint density at radius 3 is 2.26 bits per heavy atom. The zero-order valence-electron chi connectivity index (χ0n) is 15.2. The van der Waals surface area contributed by atoms with Crippen molar-refractivity contribution in [3.8, 4) is 5.75 Å². The predicted molar refractivity (Wildman–Crippen MR) is 107 cm³/mol. The Kier molecular flexibility index (Phi) is 4.65. The lowest BCUT2D eigenvalue weighted by atomic mass is 10.1. The molecule has 2 aliphatic heterocycles. The number of ketones is 1. The molecule has 27 heavy (non-hydrogen) atoms. The van der Waals surface area contributed by atoms with Gasteiger partial charge < -0.3 is 9.64 Å². The number of carbonyl (C=O) groups excluding carboxylic acids is 2. The number of halogens is 1. The lowest BCUT2D eigenvalue weighted by Crippen LogP contribution is -2.55. The Bertz CT molecular complexity index is 905. The quantitative estimate of drug-likeness (QED) is 0.701. The molecule has 7 heteroatoms. The van der Waals surface area contributed by atoms with Crippen LogP contribution in [-0.2, 0) is 4.79 Å². The highest BCUT2D eigenvalue weighted by Crippen LogP contribution is 2.36. The van der Waals surface area contributed by atoms with Gasteiger partial charge in [0.15, 0.2) is 0 Å². The number of rotatable bonds is 3. The van der Waals surface area contributed by atoms with Crippen molar-refractivity contribution in [3.05, 3.63) is 52.0 Å². The molecule has 2 aromatic carbocycles. The average Bonchev–Trinajstić information content (AvgIpc) is 2.96. The summed E-state index contributed by atoms with van der Waals surface area (Å²) in [5.74, 6) is -0.0674. The summed E-state index contributed by atoms with van der Waals surface area (Å²) in [5.41, 5.74) is 3.13. The second-order valence-electron chi connectivity index (χ2n) is 6.65. The summed E-state index contributed by atoms with van der Waals surface area (Å²) in [6.45, 7) is 4.74. The van der Waals surface area contributed by atoms with Crippen molar-refractivity contribution in [2.45, 2.75) is 6.92 Å². The molecule has 2 aliphatic rings. The second-order valence-corrected chi connectivity index (χ2v) is 7.51. The molecular weight excluding hydrogens is 410 g/mol. The van der Waals surface area contributed by atoms with Gasteiger partial charge in [0, 0.05) is 36.3 Å². The van der Waals surface area contributed by atoms with E-state index in [4.69, 9.17) is 4.74 Å². The molecule has 0 spiro atoms. The number of nitrogens with zero attached hydrogens (tertiary/aromatic N) is 3. The minimum Gasteiger partial charge on any atom is -0.497 e. The van der Waals surface area contributed by atoms with Gasteiger partial charge in [-0.05, 0) is 48.9 Å². The van der Waals surface area contributed by atoms with Crippen LogP contribution in [0, 0.1) is 6.92 Å². The number of fused-ring (bicyclic) bond motifs is 1. The smallest absolute Gasteiger partial charge is 0.314 e. The number of hydrogen-bond acceptors (Lipinski definition) is 5. The highest BCUT2D eigenvalue weighted by Gasteiger charge is 2.41. The molecule has 0 atom stereocenters. The fraction of sp³-hybridized carbons (Fsp3) is 0.300. The zero-order chi connectivity index (χ0) is 19.1. The molecule has 0 aliphatic carbocycles. The van der Waals surface area contributed by atoms with Crippen LogP contribution < -0.4 is 14.6 Å². The van der Waals surface area contributed by atoms with E-state index in [2.05, 4.69) is 20.8 Å². The Morgan fingerprint density at radius 2 is 1.63 bits per heavy atom. The van der Waals surface area contributed by atoms with Gasteiger partial charge in [-0.2, -0.15) is 0 Å². The Balaban J connectivity index is 1.53. The maximum absolute atomic E-state index is 12.6. The Labute approximate surface area is 166 Å². The minimum atomic E-state index is -0.468. The van der Waals surface area contributed by atoms with Crippen LogP contribution in [-0.4, -0.2) is 50.0 Å². The van der Waals surface area contributed by atoms with Gasteiger partial charge in [0.1, 0.15) is 5.75 Å². The van der Waals surface area contributed by atoms with Crippen molar-refractivity contribution in [1.29, 1.82) is 0 Å². The summed E-state index contributed by atoms with van der Waals surface area (Å²) in [4.78, 5) is 27.4. The third-order valence-electron chi connectivity index (χ3n) is 5.20. The van der Waals surface area contributed by atoms with Crippen LogP contribution in [0.15, 0.2) is 40.9 Å². The molecule has 6 nitrogen and oxygen atoms in total. The SMILES string of the molecule is COc1ccc(N2CCN(N3C(=O)C(=O)c4c3ccc(Br)c4C)CC2)cc1. The van der Waals surface area contributed by atoms with E-state index in [9.17, 15) is 9.59 Å². The van der Waals surface area contributed by atoms with Gasteiger partial charge >= 0.3 is 5.91 Å². The fourth-order valence-electron chi connectivity index (χ4n) is 3.68. The molecule has 0 unspecified atom stereocenters. The van der Waals surface area contributed by atoms with Crippen LogP contribution in [0.4, 0.5) is 11.4 Å². The standard InChI is InChI=1S/C20H20BrN3O3/c1-13-16(21)7-8-17-18(13)19(25)20(26)24(17)23-11-9-22(10-12-23)14-3-5-15(27-2)6-4-14/h3-8H,9-12H2,1-2H3. The van der Waals surface area contributed by atoms with Crippen molar-refractivity contribution in [3.63, 3.8) is 0 Å². The average molecular weight is 430 g/mol. The first-order chi connectivity index (χ1) is 13.0. The van der Waals surface area contributed by atoms with E-state index in [0.29, 0.717) is 24.3 Å². The molecular formula is C20H20BrN3O3. The highest BCUT2D eigenvalue weighted by molar-refractivity contribution is 9.10. The lowest BCUT2D eigenvalue weighted by Gasteiger charge is -2.40. The molecule has 0 N–H and O–H groups in total. The highest BCUT2D eigenvalue weighted by atomic mass is 79.9. The van der Waals surface area contributed by atoms with Crippen molar-refractivity contribution in [1.82, 2.24) is 5.01 Å². The number of hydrogen-bond donors (Lipinski definition) is 0. The van der Waals surface area contributed by atoms with E-state index >= 15 is 0 Å². The van der Waals surface area contributed by atoms with Crippen molar-refractivity contribution < 1.29 is 14.3 Å². The van der Waals surface area contributed by atoms with Gasteiger partial charge in [0.2, 0.25) is 0 Å². The first-order valence-corrected chi connectivity index (χ1v) is 9.62. The number of ether oxygens (including phenoxy) is 1. The molecule has 0 saturated carbocycles. The zero-order valence-corrected chi connectivity index (χ0v) is 16.8. The Hall–Kier alpha value is -2.38. The molecule has 2 heterocycles. The number of methoxy groups -OCH3 is 1. The fourth-order valence-corrected chi connectivity index (χ4v) is 4.01. The van der Waals surface area contributed by atoms with Gasteiger partial charge in [-0.3, -0.25) is 9.59 Å². The third-order valence-corrected chi connectivity index (χ3v) is 6.05. The first-order valence-electron chi connectivity index (χ1n) is 8.83. The molecule has 140 valence electrons. The lowest BCUT2D eigenvalue weighted by molar-refractivity contribution is -0.117. The normalized spacial score (nSPS) is 17.4. The monoisotopic (exact) mass is 429 g/mol. The number of Topliss-reactive ketones (excluding diaryl/α,β-unsaturated/α-hetero) is 1. The molecule has 1 saturated heterocycles. The van der Waals surface area contributed by atoms with Gasteiger partial charge in [-0.1, -0.05) is 15.9 Å². The number of carbonyl (C=O) groups is 2. The maximum Gasteiger partial charge on any atom is 0.314 e. The summed E-state index contributed by atoms with van der Waals surface area (Å²) in [6.07, 6.45) is 0. The molecule has 4 rings (SSSR count). The van der Waals surface area contributed by atoms with Crippen LogP contribution >= 0.6 is 15.9 Å². The first kappa shape index (κ1) is 18.0. The van der Waals surface area contributed by atoms with Crippen molar-refractivity contribution in [2.24, 2.45) is 0 Å². The topological polar surface area (TPSA) is 53.1 Å². The van der Waals surface area contributed by atoms with E-state index in [1.54, 1.807) is 12.1 Å². The summed E-state index contributed by atoms with van der Waals surface area (Å²) in [7, 11) is 1.65. The van der Waals surface area contributed by atoms with E-state index in [1.807, 2.05) is 48.3 Å². The van der Waals surface area contributed by atoms with Crippen LogP contribution in [0.25, 0.3) is 0 Å². The van der Waals surface area contributed by atoms with E-state index in [0.717, 1.165) is 34.6 Å². The van der Waals surface area contributed by atoms with E-state index < -0.39 is 11.7 Å². The molecule has 0 aromatic heterocycles. The van der Waals surface area contributed by atoms with Crippen LogP contribution in [0.5, 0.6) is 5.75 Å². The number of amides is 1. The van der Waals surface area contributed by atoms with Crippen LogP contribution in [0.2, 0.25) is 0 Å². The summed E-state index contributed by atoms with van der Waals surface area (Å²) in [5, 5.41) is 3.53. The predicted octanol–water partition coefficient (Wildman–Crippen LogP) is 3.03. The summed E-state index contributed by atoms with van der Waals surface area (Å²) in [6, 6.07) is 11.7. The van der Waals surface area contributed by atoms with E-state index in [1.165, 1.54) is 0 Å². The van der Waals surface area contributed by atoms with Gasteiger partial charge in [0.25, 0.3) is 5.78 Å². The summed E-state index contributed by atoms with van der Waals surface area (Å²) >= 11 is 3.44. The maximum atomic E-state index is 12.6. The molecule has 1 fully saturated rings. The Morgan fingerprint density at radius 1 is 0.963 bits per heavy atom. The minimum absolute atomic E-state index is 0.429. The molecule has 0 radical (unpaired) electrons. The largest absolute Gasteiger partial charge is 0.497 e. The van der Waals surface area contributed by atoms with Crippen LogP contribution in [0.3, 0.4) is 0 Å². The molecule has 1 amide bonds. The third kappa shape index (κ3) is 3.00. The summed E-state index contributed by atoms with van der Waals surface area (Å²) < 4.78 is 6.05. The number of anilines is 2. The van der Waals surface area contributed by atoms with Gasteiger partial charge in [0.05, 0.1) is 18.4 Å². The second kappa shape index (κ2) is 6.98. The van der Waals surface area contributed by atoms with E-state index in [-0.39, 0.29) is 0 Å². The molecule has 2 aromatic rings. The van der Waals surface area contributed by atoms with Crippen molar-refractivity contribution >= 4 is 39.0 Å². The molecule has 0 bridgehead atoms. The number of hydrazine groups is 1. The van der Waals surface area contributed by atoms with Gasteiger partial charge in [-0.15, -0.1) is 0 Å². The van der Waals surface area contributed by atoms with Crippen molar-refractivity contribution in [2.75, 3.05) is 43.2 Å². The number of benzene rings is 2. The van der Waals surface area contributed by atoms with Gasteiger partial charge in [-0.25, -0.2) is 10.0 Å².